The van der Waals surface area contributed by atoms with E-state index in [0.717, 1.165) is 0 Å². The van der Waals surface area contributed by atoms with Crippen LogP contribution < -0.4 is 4.46 Å². The van der Waals surface area contributed by atoms with Gasteiger partial charge in [0.1, 0.15) is 0 Å². The first kappa shape index (κ1) is 18.2. The van der Waals surface area contributed by atoms with E-state index in [1.165, 1.54) is 4.46 Å². The van der Waals surface area contributed by atoms with Crippen LogP contribution in [0.4, 0.5) is 0 Å². The Morgan fingerprint density at radius 3 is 2.43 bits per heavy atom. The molecule has 2 rings (SSSR count). The van der Waals surface area contributed by atoms with Gasteiger partial charge in [-0.2, -0.15) is 0 Å². The van der Waals surface area contributed by atoms with Crippen LogP contribution in [-0.2, 0) is 18.9 Å². The predicted molar refractivity (Wildman–Crippen MR) is 86.9 cm³/mol. The quantitative estimate of drug-likeness (QED) is 0.304. The summed E-state index contributed by atoms with van der Waals surface area (Å²) >= 11 is -0.0262. The van der Waals surface area contributed by atoms with E-state index in [2.05, 4.69) is 10.0 Å². The summed E-state index contributed by atoms with van der Waals surface area (Å²) in [6.45, 7) is 0.392. The summed E-state index contributed by atoms with van der Waals surface area (Å²) in [5.74, 6) is 0. The van der Waals surface area contributed by atoms with Crippen molar-refractivity contribution in [1.29, 1.82) is 0 Å². The Hall–Kier alpha value is -1.11. The molecule has 1 heterocycles. The number of ether oxygens (including phenoxy) is 4. The van der Waals surface area contributed by atoms with E-state index >= 15 is 0 Å². The summed E-state index contributed by atoms with van der Waals surface area (Å²) in [5.41, 5.74) is 8.93. The molecule has 1 aliphatic rings. The zero-order valence-corrected chi connectivity index (χ0v) is 15.1. The van der Waals surface area contributed by atoms with E-state index in [9.17, 15) is 0 Å². The minimum atomic E-state index is -0.441. The molecule has 1 saturated heterocycles. The van der Waals surface area contributed by atoms with Gasteiger partial charge in [0.05, 0.1) is 0 Å². The molecule has 0 aromatic heterocycles. The molecule has 1 aromatic rings. The number of benzene rings is 1. The number of rotatable bonds is 7. The first-order chi connectivity index (χ1) is 11.2. The zero-order chi connectivity index (χ0) is 16.7. The third-order valence-corrected chi connectivity index (χ3v) is 6.12. The van der Waals surface area contributed by atoms with Crippen molar-refractivity contribution in [2.75, 3.05) is 27.9 Å². The molecule has 0 amide bonds. The average molecular weight is 386 g/mol. The molecular formula is C15H21N3O4Se. The maximum absolute atomic E-state index is 8.93. The molecule has 5 atom stereocenters. The second kappa shape index (κ2) is 9.25. The molecule has 0 spiro atoms. The van der Waals surface area contributed by atoms with Gasteiger partial charge in [0.25, 0.3) is 0 Å². The summed E-state index contributed by atoms with van der Waals surface area (Å²) in [6, 6.07) is 9.60. The van der Waals surface area contributed by atoms with Crippen LogP contribution in [0.1, 0.15) is 0 Å². The molecule has 0 radical (unpaired) electrons. The monoisotopic (exact) mass is 387 g/mol. The third-order valence-electron chi connectivity index (χ3n) is 3.67. The van der Waals surface area contributed by atoms with Crippen LogP contribution >= 0.6 is 0 Å². The third kappa shape index (κ3) is 4.46. The van der Waals surface area contributed by atoms with E-state index in [-0.39, 0.29) is 38.3 Å². The van der Waals surface area contributed by atoms with Gasteiger partial charge in [0.2, 0.25) is 0 Å². The number of hydrogen-bond acceptors (Lipinski definition) is 5. The fourth-order valence-corrected chi connectivity index (χ4v) is 5.03. The molecular weight excluding hydrogens is 365 g/mol. The van der Waals surface area contributed by atoms with Crippen LogP contribution in [0.5, 0.6) is 0 Å². The van der Waals surface area contributed by atoms with Crippen LogP contribution in [0.2, 0.25) is 0 Å². The molecule has 0 saturated carbocycles. The minimum absolute atomic E-state index is 0.0262. The Labute approximate surface area is 142 Å². The SMILES string of the molecule is COC[C@H]1O[C@@H]([Se]c2ccccc2)[C@H](N=[N+]=[N-])[C@@H](OC)[C@@H]1OC. The average Bonchev–Trinajstić information content (AvgIpc) is 2.57. The first-order valence-corrected chi connectivity index (χ1v) is 9.05. The number of azide groups is 1. The fourth-order valence-electron chi connectivity index (χ4n) is 2.66. The molecule has 0 bridgehead atoms. The maximum atomic E-state index is 8.93. The van der Waals surface area contributed by atoms with E-state index in [1.54, 1.807) is 21.3 Å². The van der Waals surface area contributed by atoms with E-state index < -0.39 is 6.04 Å². The molecule has 0 unspecified atom stereocenters. The van der Waals surface area contributed by atoms with Gasteiger partial charge in [-0.15, -0.1) is 0 Å². The van der Waals surface area contributed by atoms with Crippen molar-refractivity contribution in [3.63, 3.8) is 0 Å². The Kier molecular flexibility index (Phi) is 7.33. The Balaban J connectivity index is 2.27. The summed E-state index contributed by atoms with van der Waals surface area (Å²) in [6.07, 6.45) is -0.991. The predicted octanol–water partition coefficient (Wildman–Crippen LogP) is 1.10. The summed E-state index contributed by atoms with van der Waals surface area (Å²) in [4.78, 5) is 2.98. The molecule has 1 aliphatic heterocycles. The number of hydrogen-bond donors (Lipinski definition) is 0. The van der Waals surface area contributed by atoms with Crippen LogP contribution in [-0.4, -0.2) is 72.2 Å². The van der Waals surface area contributed by atoms with Gasteiger partial charge >= 0.3 is 142 Å². The second-order valence-corrected chi connectivity index (χ2v) is 7.48. The molecule has 1 aromatic carbocycles. The molecule has 0 N–H and O–H groups in total. The molecule has 126 valence electrons. The van der Waals surface area contributed by atoms with Crippen LogP contribution in [0, 0.1) is 0 Å². The fraction of sp³-hybridized carbons (Fsp3) is 0.600. The Morgan fingerprint density at radius 2 is 1.87 bits per heavy atom. The summed E-state index contributed by atoms with van der Waals surface area (Å²) in [5, 5.41) is 3.69. The van der Waals surface area contributed by atoms with E-state index in [4.69, 9.17) is 24.5 Å². The Bertz CT molecular complexity index is 527. The van der Waals surface area contributed by atoms with Crippen LogP contribution in [0.25, 0.3) is 10.4 Å². The zero-order valence-electron chi connectivity index (χ0n) is 13.4. The van der Waals surface area contributed by atoms with Crippen molar-refractivity contribution in [1.82, 2.24) is 0 Å². The number of nitrogens with zero attached hydrogens (tertiary/aromatic N) is 3. The van der Waals surface area contributed by atoms with Gasteiger partial charge in [-0.25, -0.2) is 0 Å². The molecule has 7 nitrogen and oxygen atoms in total. The van der Waals surface area contributed by atoms with Crippen molar-refractivity contribution in [3.05, 3.63) is 40.8 Å². The molecule has 8 heteroatoms. The van der Waals surface area contributed by atoms with E-state index in [1.807, 2.05) is 30.3 Å². The van der Waals surface area contributed by atoms with E-state index in [0.29, 0.717) is 6.61 Å². The molecule has 0 aliphatic carbocycles. The molecule has 23 heavy (non-hydrogen) atoms. The van der Waals surface area contributed by atoms with Gasteiger partial charge in [-0.05, 0) is 0 Å². The standard InChI is InChI=1S/C15H21N3O4Se/c1-19-9-11-13(20-2)14(21-3)12(17-18-16)15(22-11)23-10-7-5-4-6-8-10/h4-8,11-15H,9H2,1-3H3/t11-,12-,13-,14-,15+/m1/s1. The van der Waals surface area contributed by atoms with Gasteiger partial charge in [-0.1, -0.05) is 0 Å². The first-order valence-electron chi connectivity index (χ1n) is 7.21. The van der Waals surface area contributed by atoms with Crippen molar-refractivity contribution in [2.24, 2.45) is 5.11 Å². The number of methoxy groups -OCH3 is 3. The topological polar surface area (TPSA) is 85.7 Å². The second-order valence-electron chi connectivity index (χ2n) is 5.03. The van der Waals surface area contributed by atoms with Gasteiger partial charge in [0, 0.05) is 0 Å². The summed E-state index contributed by atoms with van der Waals surface area (Å²) < 4.78 is 23.7. The normalized spacial score (nSPS) is 30.7. The van der Waals surface area contributed by atoms with Crippen LogP contribution in [0.15, 0.2) is 35.4 Å². The molecule has 1 fully saturated rings. The Morgan fingerprint density at radius 1 is 1.17 bits per heavy atom. The van der Waals surface area contributed by atoms with Crippen molar-refractivity contribution < 1.29 is 18.9 Å². The van der Waals surface area contributed by atoms with Gasteiger partial charge < -0.3 is 0 Å². The van der Waals surface area contributed by atoms with Crippen molar-refractivity contribution in [3.8, 4) is 0 Å². The van der Waals surface area contributed by atoms with Gasteiger partial charge in [0.15, 0.2) is 0 Å². The van der Waals surface area contributed by atoms with Gasteiger partial charge in [-0.3, -0.25) is 0 Å². The summed E-state index contributed by atoms with van der Waals surface area (Å²) in [7, 11) is 4.81. The van der Waals surface area contributed by atoms with Crippen LogP contribution in [0.3, 0.4) is 0 Å². The van der Waals surface area contributed by atoms with Crippen molar-refractivity contribution in [2.45, 2.75) is 29.4 Å². The van der Waals surface area contributed by atoms with Crippen molar-refractivity contribution >= 4 is 19.4 Å².